The molecule has 152 valence electrons. The zero-order valence-electron chi connectivity index (χ0n) is 17.0. The van der Waals surface area contributed by atoms with Gasteiger partial charge in [0.25, 0.3) is 5.91 Å². The molecule has 1 N–H and O–H groups in total. The molecule has 0 fully saturated rings. The van der Waals surface area contributed by atoms with Gasteiger partial charge in [-0.1, -0.05) is 79.7 Å². The lowest BCUT2D eigenvalue weighted by Gasteiger charge is -2.23. The van der Waals surface area contributed by atoms with Gasteiger partial charge in [-0.3, -0.25) is 9.59 Å². The largest absolute Gasteiger partial charge is 0.375 e. The maximum Gasteiger partial charge on any atom is 0.264 e. The molecule has 0 radical (unpaired) electrons. The Morgan fingerprint density at radius 2 is 1.57 bits per heavy atom. The van der Waals surface area contributed by atoms with Gasteiger partial charge in [-0.2, -0.15) is 0 Å². The van der Waals surface area contributed by atoms with Crippen LogP contribution in [-0.4, -0.2) is 23.3 Å². The second kappa shape index (κ2) is 8.25. The molecule has 0 spiro atoms. The van der Waals surface area contributed by atoms with Crippen molar-refractivity contribution in [3.63, 3.8) is 0 Å². The van der Waals surface area contributed by atoms with Gasteiger partial charge in [-0.05, 0) is 30.0 Å². The van der Waals surface area contributed by atoms with Crippen LogP contribution in [0.3, 0.4) is 0 Å². The molecular formula is C26H25NO3. The van der Waals surface area contributed by atoms with Crippen LogP contribution in [0.25, 0.3) is 0 Å². The molecule has 0 saturated carbocycles. The summed E-state index contributed by atoms with van der Waals surface area (Å²) in [4.78, 5) is 27.8. The summed E-state index contributed by atoms with van der Waals surface area (Å²) in [5.41, 5.74) is 2.10. The minimum Gasteiger partial charge on any atom is -0.375 e. The number of hydrogen-bond donors (Lipinski definition) is 1. The van der Waals surface area contributed by atoms with Gasteiger partial charge in [0, 0.05) is 17.7 Å². The van der Waals surface area contributed by atoms with Gasteiger partial charge in [-0.15, -0.1) is 0 Å². The Hall–Kier alpha value is -3.24. The van der Waals surface area contributed by atoms with E-state index in [9.17, 15) is 14.7 Å². The van der Waals surface area contributed by atoms with Crippen LogP contribution in [0.2, 0.25) is 0 Å². The van der Waals surface area contributed by atoms with Gasteiger partial charge in [0.05, 0.1) is 12.1 Å². The van der Waals surface area contributed by atoms with Crippen molar-refractivity contribution in [2.75, 3.05) is 11.4 Å². The number of anilines is 1. The molecule has 1 heterocycles. The van der Waals surface area contributed by atoms with Crippen LogP contribution in [-0.2, 0) is 23.2 Å². The van der Waals surface area contributed by atoms with Crippen LogP contribution in [0, 0.1) is 0 Å². The van der Waals surface area contributed by atoms with E-state index in [2.05, 4.69) is 6.92 Å². The van der Waals surface area contributed by atoms with Gasteiger partial charge < -0.3 is 10.0 Å². The maximum absolute atomic E-state index is 13.3. The molecular weight excluding hydrogens is 374 g/mol. The number of rotatable bonds is 7. The van der Waals surface area contributed by atoms with E-state index < -0.39 is 11.5 Å². The number of carbonyl (C=O) groups excluding carboxylic acids is 2. The molecule has 0 saturated heterocycles. The van der Waals surface area contributed by atoms with Gasteiger partial charge in [0.15, 0.2) is 11.4 Å². The van der Waals surface area contributed by atoms with Gasteiger partial charge >= 0.3 is 0 Å². The number of aliphatic hydroxyl groups is 1. The van der Waals surface area contributed by atoms with Crippen molar-refractivity contribution in [3.8, 4) is 0 Å². The second-order valence-corrected chi connectivity index (χ2v) is 7.72. The van der Waals surface area contributed by atoms with Crippen molar-refractivity contribution < 1.29 is 14.7 Å². The van der Waals surface area contributed by atoms with E-state index in [1.54, 1.807) is 29.2 Å². The van der Waals surface area contributed by atoms with Crippen molar-refractivity contribution in [2.24, 2.45) is 0 Å². The van der Waals surface area contributed by atoms with E-state index in [0.29, 0.717) is 29.8 Å². The minimum atomic E-state index is -1.84. The molecule has 0 aromatic heterocycles. The lowest BCUT2D eigenvalue weighted by molar-refractivity contribution is -0.135. The summed E-state index contributed by atoms with van der Waals surface area (Å²) in [6.45, 7) is 2.50. The summed E-state index contributed by atoms with van der Waals surface area (Å²) in [7, 11) is 0. The standard InChI is InChI=1S/C26H25NO3/c1-2-19-12-14-21(15-13-19)24(28)18-26(30)22-10-6-7-11-23(22)27(25(26)29)17-16-20-8-4-3-5-9-20/h3-15,30H,2,16-18H2,1H3/t26-/m1/s1. The molecule has 3 aromatic carbocycles. The Morgan fingerprint density at radius 3 is 2.27 bits per heavy atom. The molecule has 4 rings (SSSR count). The molecule has 1 aliphatic heterocycles. The molecule has 30 heavy (non-hydrogen) atoms. The first-order chi connectivity index (χ1) is 14.5. The van der Waals surface area contributed by atoms with E-state index in [1.807, 2.05) is 54.6 Å². The van der Waals surface area contributed by atoms with E-state index in [4.69, 9.17) is 0 Å². The normalized spacial score (nSPS) is 17.8. The Kier molecular flexibility index (Phi) is 5.51. The monoisotopic (exact) mass is 399 g/mol. The summed E-state index contributed by atoms with van der Waals surface area (Å²) in [5.74, 6) is -0.675. The molecule has 1 amide bonds. The van der Waals surface area contributed by atoms with Crippen LogP contribution < -0.4 is 4.90 Å². The SMILES string of the molecule is CCc1ccc(C(=O)C[C@]2(O)C(=O)N(CCc3ccccc3)c3ccccc32)cc1. The van der Waals surface area contributed by atoms with Gasteiger partial charge in [0.2, 0.25) is 0 Å². The molecule has 4 heteroatoms. The highest BCUT2D eigenvalue weighted by molar-refractivity contribution is 6.10. The van der Waals surface area contributed by atoms with Crippen molar-refractivity contribution in [3.05, 3.63) is 101 Å². The number of benzene rings is 3. The topological polar surface area (TPSA) is 57.6 Å². The van der Waals surface area contributed by atoms with E-state index in [-0.39, 0.29) is 12.2 Å². The zero-order chi connectivity index (χ0) is 21.1. The number of Topliss-reactive ketones (excluding diaryl/α,β-unsaturated/α-hetero) is 1. The highest BCUT2D eigenvalue weighted by Gasteiger charge is 2.50. The molecule has 0 unspecified atom stereocenters. The third-order valence-electron chi connectivity index (χ3n) is 5.81. The van der Waals surface area contributed by atoms with Crippen molar-refractivity contribution in [1.82, 2.24) is 0 Å². The zero-order valence-corrected chi connectivity index (χ0v) is 17.0. The lowest BCUT2D eigenvalue weighted by Crippen LogP contribution is -2.42. The number of amides is 1. The first-order valence-electron chi connectivity index (χ1n) is 10.3. The fraction of sp³-hybridized carbons (Fsp3) is 0.231. The Bertz CT molecular complexity index is 1060. The predicted octanol–water partition coefficient (Wildman–Crippen LogP) is 4.30. The Labute approximate surface area is 176 Å². The third-order valence-corrected chi connectivity index (χ3v) is 5.81. The average molecular weight is 399 g/mol. The van der Waals surface area contributed by atoms with Crippen LogP contribution in [0.1, 0.15) is 40.4 Å². The number of fused-ring (bicyclic) bond motifs is 1. The number of nitrogens with zero attached hydrogens (tertiary/aromatic N) is 1. The molecule has 3 aromatic rings. The summed E-state index contributed by atoms with van der Waals surface area (Å²) in [6.07, 6.45) is 1.29. The summed E-state index contributed by atoms with van der Waals surface area (Å²) in [5, 5.41) is 11.4. The number of para-hydroxylation sites is 1. The van der Waals surface area contributed by atoms with Gasteiger partial charge in [-0.25, -0.2) is 0 Å². The Balaban J connectivity index is 1.59. The fourth-order valence-corrected chi connectivity index (χ4v) is 4.05. The molecule has 1 atom stereocenters. The van der Waals surface area contributed by atoms with Crippen LogP contribution in [0.4, 0.5) is 5.69 Å². The highest BCUT2D eigenvalue weighted by Crippen LogP contribution is 2.42. The highest BCUT2D eigenvalue weighted by atomic mass is 16.3. The second-order valence-electron chi connectivity index (χ2n) is 7.72. The van der Waals surface area contributed by atoms with Crippen molar-refractivity contribution in [2.45, 2.75) is 31.8 Å². The third kappa shape index (κ3) is 3.66. The minimum absolute atomic E-state index is 0.242. The van der Waals surface area contributed by atoms with Gasteiger partial charge in [0.1, 0.15) is 0 Å². The smallest absolute Gasteiger partial charge is 0.264 e. The average Bonchev–Trinajstić information content (AvgIpc) is 3.00. The number of aryl methyl sites for hydroxylation is 1. The van der Waals surface area contributed by atoms with E-state index in [1.165, 1.54) is 0 Å². The molecule has 0 bridgehead atoms. The molecule has 1 aliphatic rings. The van der Waals surface area contributed by atoms with E-state index >= 15 is 0 Å². The maximum atomic E-state index is 13.3. The first-order valence-corrected chi connectivity index (χ1v) is 10.3. The van der Waals surface area contributed by atoms with Crippen LogP contribution in [0.15, 0.2) is 78.9 Å². The number of carbonyl (C=O) groups is 2. The quantitative estimate of drug-likeness (QED) is 0.603. The van der Waals surface area contributed by atoms with Crippen LogP contribution >= 0.6 is 0 Å². The summed E-state index contributed by atoms with van der Waals surface area (Å²) < 4.78 is 0. The summed E-state index contributed by atoms with van der Waals surface area (Å²) in [6, 6.07) is 24.5. The van der Waals surface area contributed by atoms with E-state index in [0.717, 1.165) is 17.5 Å². The first kappa shape index (κ1) is 20.0. The lowest BCUT2D eigenvalue weighted by atomic mass is 9.88. The Morgan fingerprint density at radius 1 is 0.900 bits per heavy atom. The predicted molar refractivity (Wildman–Crippen MR) is 118 cm³/mol. The number of hydrogen-bond acceptors (Lipinski definition) is 3. The van der Waals surface area contributed by atoms with Crippen molar-refractivity contribution >= 4 is 17.4 Å². The van der Waals surface area contributed by atoms with Crippen molar-refractivity contribution in [1.29, 1.82) is 0 Å². The fourth-order valence-electron chi connectivity index (χ4n) is 4.05. The summed E-state index contributed by atoms with van der Waals surface area (Å²) >= 11 is 0. The number of ketones is 1. The molecule has 4 nitrogen and oxygen atoms in total. The molecule has 0 aliphatic carbocycles. The van der Waals surface area contributed by atoms with Crippen LogP contribution in [0.5, 0.6) is 0 Å².